The molecular formula is C63H100O6. The van der Waals surface area contributed by atoms with Crippen molar-refractivity contribution < 1.29 is 28.6 Å². The minimum absolute atomic E-state index is 0.102. The first kappa shape index (κ1) is 64.5. The predicted molar refractivity (Wildman–Crippen MR) is 297 cm³/mol. The topological polar surface area (TPSA) is 78.9 Å². The number of rotatable bonds is 48. The van der Waals surface area contributed by atoms with Gasteiger partial charge in [-0.05, 0) is 116 Å². The second kappa shape index (κ2) is 56.1. The van der Waals surface area contributed by atoms with Gasteiger partial charge >= 0.3 is 17.9 Å². The molecule has 0 aromatic carbocycles. The summed E-state index contributed by atoms with van der Waals surface area (Å²) in [7, 11) is 0. The SMILES string of the molecule is CC/C=C\C/C=C\C/C=C\C/C=C\C/C=C\C/C=C\C/C=C\C/C=C\CCCCC(=O)OCC(COC(=O)CCCCCCCCCCC)OC(=O)CCCCCCC/C=C\C/C=C\C/C=C\CC. The predicted octanol–water partition coefficient (Wildman–Crippen LogP) is 18.6. The van der Waals surface area contributed by atoms with E-state index in [0.717, 1.165) is 141 Å². The molecule has 0 amide bonds. The molecule has 0 aliphatic rings. The summed E-state index contributed by atoms with van der Waals surface area (Å²) in [5.41, 5.74) is 0. The number of hydrogen-bond donors (Lipinski definition) is 0. The van der Waals surface area contributed by atoms with Gasteiger partial charge in [-0.2, -0.15) is 0 Å². The van der Waals surface area contributed by atoms with Crippen molar-refractivity contribution in [3.63, 3.8) is 0 Å². The number of allylic oxidation sites excluding steroid dienone is 22. The zero-order valence-electron chi connectivity index (χ0n) is 44.3. The van der Waals surface area contributed by atoms with E-state index in [9.17, 15) is 14.4 Å². The van der Waals surface area contributed by atoms with Crippen LogP contribution in [-0.4, -0.2) is 37.2 Å². The molecule has 6 heteroatoms. The summed E-state index contributed by atoms with van der Waals surface area (Å²) >= 11 is 0. The molecule has 0 rings (SSSR count). The van der Waals surface area contributed by atoms with E-state index in [2.05, 4.69) is 154 Å². The Hall–Kier alpha value is -4.45. The highest BCUT2D eigenvalue weighted by molar-refractivity contribution is 5.71. The number of hydrogen-bond acceptors (Lipinski definition) is 6. The van der Waals surface area contributed by atoms with Gasteiger partial charge in [0, 0.05) is 19.3 Å². The molecule has 0 saturated carbocycles. The van der Waals surface area contributed by atoms with Crippen LogP contribution in [0.15, 0.2) is 134 Å². The van der Waals surface area contributed by atoms with Gasteiger partial charge in [0.1, 0.15) is 13.2 Å². The molecule has 1 unspecified atom stereocenters. The maximum absolute atomic E-state index is 12.8. The highest BCUT2D eigenvalue weighted by Crippen LogP contribution is 2.13. The molecule has 6 nitrogen and oxygen atoms in total. The highest BCUT2D eigenvalue weighted by Gasteiger charge is 2.19. The molecule has 69 heavy (non-hydrogen) atoms. The van der Waals surface area contributed by atoms with Crippen molar-refractivity contribution in [2.24, 2.45) is 0 Å². The lowest BCUT2D eigenvalue weighted by molar-refractivity contribution is -0.167. The van der Waals surface area contributed by atoms with Crippen molar-refractivity contribution in [1.29, 1.82) is 0 Å². The largest absolute Gasteiger partial charge is 0.462 e. The van der Waals surface area contributed by atoms with Gasteiger partial charge < -0.3 is 14.2 Å². The molecule has 0 aliphatic carbocycles. The van der Waals surface area contributed by atoms with Gasteiger partial charge in [0.25, 0.3) is 0 Å². The van der Waals surface area contributed by atoms with Gasteiger partial charge in [-0.1, -0.05) is 225 Å². The summed E-state index contributed by atoms with van der Waals surface area (Å²) in [6, 6.07) is 0. The lowest BCUT2D eigenvalue weighted by Crippen LogP contribution is -2.30. The highest BCUT2D eigenvalue weighted by atomic mass is 16.6. The van der Waals surface area contributed by atoms with E-state index in [1.807, 2.05) is 0 Å². The van der Waals surface area contributed by atoms with E-state index >= 15 is 0 Å². The first-order valence-corrected chi connectivity index (χ1v) is 27.7. The van der Waals surface area contributed by atoms with Gasteiger partial charge in [-0.3, -0.25) is 14.4 Å². The summed E-state index contributed by atoms with van der Waals surface area (Å²) in [5, 5.41) is 0. The summed E-state index contributed by atoms with van der Waals surface area (Å²) in [6.45, 7) is 6.32. The number of unbranched alkanes of at least 4 members (excludes halogenated alkanes) is 15. The van der Waals surface area contributed by atoms with Crippen molar-refractivity contribution in [1.82, 2.24) is 0 Å². The molecule has 0 aromatic rings. The first-order valence-electron chi connectivity index (χ1n) is 27.7. The van der Waals surface area contributed by atoms with E-state index in [1.165, 1.54) is 38.5 Å². The average Bonchev–Trinajstić information content (AvgIpc) is 3.35. The minimum atomic E-state index is -0.807. The average molecular weight is 953 g/mol. The van der Waals surface area contributed by atoms with Crippen LogP contribution < -0.4 is 0 Å². The fourth-order valence-corrected chi connectivity index (χ4v) is 7.06. The van der Waals surface area contributed by atoms with E-state index in [0.29, 0.717) is 25.7 Å². The van der Waals surface area contributed by atoms with Crippen LogP contribution in [0.5, 0.6) is 0 Å². The second-order valence-electron chi connectivity index (χ2n) is 17.7. The Balaban J connectivity index is 4.39. The summed E-state index contributed by atoms with van der Waals surface area (Å²) < 4.78 is 16.7. The second-order valence-corrected chi connectivity index (χ2v) is 17.7. The van der Waals surface area contributed by atoms with Crippen molar-refractivity contribution in [3.8, 4) is 0 Å². The summed E-state index contributed by atoms with van der Waals surface area (Å²) in [6.07, 6.45) is 78.8. The molecule has 1 atom stereocenters. The molecule has 0 spiro atoms. The molecule has 388 valence electrons. The molecule has 0 N–H and O–H groups in total. The van der Waals surface area contributed by atoms with Crippen LogP contribution in [0, 0.1) is 0 Å². The number of ether oxygens (including phenoxy) is 3. The number of carbonyl (C=O) groups excluding carboxylic acids is 3. The zero-order chi connectivity index (χ0) is 50.0. The maximum Gasteiger partial charge on any atom is 0.306 e. The lowest BCUT2D eigenvalue weighted by Gasteiger charge is -2.18. The van der Waals surface area contributed by atoms with Crippen LogP contribution >= 0.6 is 0 Å². The fourth-order valence-electron chi connectivity index (χ4n) is 7.06. The molecule has 0 bridgehead atoms. The van der Waals surface area contributed by atoms with Crippen molar-refractivity contribution in [2.75, 3.05) is 13.2 Å². The third-order valence-electron chi connectivity index (χ3n) is 11.2. The van der Waals surface area contributed by atoms with E-state index in [-0.39, 0.29) is 31.1 Å². The van der Waals surface area contributed by atoms with Crippen LogP contribution in [0.4, 0.5) is 0 Å². The molecule has 0 saturated heterocycles. The maximum atomic E-state index is 12.8. The summed E-state index contributed by atoms with van der Waals surface area (Å²) in [4.78, 5) is 38.0. The van der Waals surface area contributed by atoms with E-state index < -0.39 is 6.10 Å². The van der Waals surface area contributed by atoms with Crippen LogP contribution in [0.2, 0.25) is 0 Å². The van der Waals surface area contributed by atoms with Gasteiger partial charge in [-0.25, -0.2) is 0 Å². The quantitative estimate of drug-likeness (QED) is 0.0262. The van der Waals surface area contributed by atoms with Gasteiger partial charge in [0.2, 0.25) is 0 Å². The van der Waals surface area contributed by atoms with Crippen LogP contribution in [0.3, 0.4) is 0 Å². The Morgan fingerprint density at radius 1 is 0.304 bits per heavy atom. The lowest BCUT2D eigenvalue weighted by atomic mass is 10.1. The van der Waals surface area contributed by atoms with Gasteiger partial charge in [-0.15, -0.1) is 0 Å². The summed E-state index contributed by atoms with van der Waals surface area (Å²) in [5.74, 6) is -0.975. The minimum Gasteiger partial charge on any atom is -0.462 e. The zero-order valence-corrected chi connectivity index (χ0v) is 44.3. The van der Waals surface area contributed by atoms with E-state index in [4.69, 9.17) is 14.2 Å². The Bertz CT molecular complexity index is 1510. The third kappa shape index (κ3) is 54.4. The van der Waals surface area contributed by atoms with Crippen LogP contribution in [0.1, 0.15) is 226 Å². The Morgan fingerprint density at radius 2 is 0.565 bits per heavy atom. The molecule has 0 heterocycles. The third-order valence-corrected chi connectivity index (χ3v) is 11.2. The molecule has 0 aromatic heterocycles. The van der Waals surface area contributed by atoms with Crippen molar-refractivity contribution in [2.45, 2.75) is 232 Å². The monoisotopic (exact) mass is 953 g/mol. The fraction of sp³-hybridized carbons (Fsp3) is 0.603. The van der Waals surface area contributed by atoms with Gasteiger partial charge in [0.15, 0.2) is 6.10 Å². The smallest absolute Gasteiger partial charge is 0.306 e. The Labute approximate surface area is 424 Å². The number of carbonyl (C=O) groups is 3. The molecule has 0 radical (unpaired) electrons. The van der Waals surface area contributed by atoms with Gasteiger partial charge in [0.05, 0.1) is 0 Å². The van der Waals surface area contributed by atoms with Crippen LogP contribution in [0.25, 0.3) is 0 Å². The molecule has 0 fully saturated rings. The molecule has 0 aliphatic heterocycles. The Kier molecular flexibility index (Phi) is 52.5. The van der Waals surface area contributed by atoms with Crippen molar-refractivity contribution in [3.05, 3.63) is 134 Å². The normalized spacial score (nSPS) is 13.1. The number of esters is 3. The standard InChI is InChI=1S/C63H100O6/c1-4-7-10-13-16-19-21-23-25-26-27-28-29-30-31-32-33-34-35-36-38-39-41-44-47-50-53-56-62(65)68-59-60(58-67-61(64)55-52-49-46-43-18-15-12-9-6-3)69-63(66)57-54-51-48-45-42-40-37-24-22-20-17-14-11-8-5-2/h7-8,10-11,16-17,19-20,23-25,27-28,30-31,33-34,36-38,41,44,60H,4-6,9,12-15,18,21-22,26,29,32,35,39-40,42-43,45-59H2,1-3H3/b10-7-,11-8-,19-16-,20-17-,25-23-,28-27-,31-30-,34-33-,37-24-,38-36-,44-41-. The van der Waals surface area contributed by atoms with Crippen LogP contribution in [-0.2, 0) is 28.6 Å². The van der Waals surface area contributed by atoms with E-state index in [1.54, 1.807) is 0 Å². The van der Waals surface area contributed by atoms with Crippen molar-refractivity contribution >= 4 is 17.9 Å². The molecular weight excluding hydrogens is 853 g/mol. The Morgan fingerprint density at radius 3 is 0.913 bits per heavy atom. The first-order chi connectivity index (χ1) is 34.0.